The Morgan fingerprint density at radius 3 is 2.32 bits per heavy atom. The molecule has 0 heterocycles. The Bertz CT molecular complexity index is 392. The van der Waals surface area contributed by atoms with Crippen LogP contribution in [0.25, 0.3) is 0 Å². The lowest BCUT2D eigenvalue weighted by Gasteiger charge is -2.23. The van der Waals surface area contributed by atoms with Crippen LogP contribution in [-0.4, -0.2) is 5.78 Å². The third-order valence-electron chi connectivity index (χ3n) is 3.57. The number of Topliss-reactive ketones (excluding diaryl/α,β-unsaturated/α-hetero) is 1. The summed E-state index contributed by atoms with van der Waals surface area (Å²) in [4.78, 5) is 12.2. The van der Waals surface area contributed by atoms with Gasteiger partial charge in [-0.2, -0.15) is 0 Å². The Labute approximate surface area is 116 Å². The molecule has 0 saturated heterocycles. The van der Waals surface area contributed by atoms with Crippen molar-refractivity contribution in [3.05, 3.63) is 35.6 Å². The molecule has 0 N–H and O–H groups in total. The van der Waals surface area contributed by atoms with Crippen molar-refractivity contribution < 1.29 is 9.18 Å². The van der Waals surface area contributed by atoms with Gasteiger partial charge in [0, 0.05) is 11.8 Å². The van der Waals surface area contributed by atoms with E-state index in [4.69, 9.17) is 0 Å². The van der Waals surface area contributed by atoms with Gasteiger partial charge < -0.3 is 0 Å². The van der Waals surface area contributed by atoms with Gasteiger partial charge in [0.1, 0.15) is 11.6 Å². The summed E-state index contributed by atoms with van der Waals surface area (Å²) in [6.45, 7) is 6.14. The zero-order chi connectivity index (χ0) is 14.3. The molecule has 1 aromatic rings. The van der Waals surface area contributed by atoms with Gasteiger partial charge in [0.05, 0.1) is 0 Å². The van der Waals surface area contributed by atoms with Crippen LogP contribution in [0.3, 0.4) is 0 Å². The molecule has 1 aromatic carbocycles. The summed E-state index contributed by atoms with van der Waals surface area (Å²) in [7, 11) is 0. The minimum Gasteiger partial charge on any atom is -0.299 e. The molecule has 0 amide bonds. The van der Waals surface area contributed by atoms with Crippen molar-refractivity contribution in [2.45, 2.75) is 59.3 Å². The molecule has 0 aliphatic rings. The highest BCUT2D eigenvalue weighted by Crippen LogP contribution is 2.25. The maximum absolute atomic E-state index is 12.9. The first-order valence-electron chi connectivity index (χ1n) is 7.23. The lowest BCUT2D eigenvalue weighted by Crippen LogP contribution is -2.26. The standard InChI is InChI=1S/C17H25FO/c1-4-5-6-7-8-16(19)17(2,3)13-14-9-11-15(18)12-10-14/h9-12H,4-8,13H2,1-3H3. The summed E-state index contributed by atoms with van der Waals surface area (Å²) in [5, 5.41) is 0. The van der Waals surface area contributed by atoms with Gasteiger partial charge in [-0.15, -0.1) is 0 Å². The number of benzene rings is 1. The van der Waals surface area contributed by atoms with E-state index in [9.17, 15) is 9.18 Å². The monoisotopic (exact) mass is 264 g/mol. The van der Waals surface area contributed by atoms with Crippen LogP contribution in [0, 0.1) is 11.2 Å². The molecule has 0 aromatic heterocycles. The average molecular weight is 264 g/mol. The number of rotatable bonds is 8. The first-order chi connectivity index (χ1) is 8.95. The van der Waals surface area contributed by atoms with E-state index >= 15 is 0 Å². The molecule has 2 heteroatoms. The Morgan fingerprint density at radius 2 is 1.74 bits per heavy atom. The topological polar surface area (TPSA) is 17.1 Å². The molecule has 0 aliphatic carbocycles. The fraction of sp³-hybridized carbons (Fsp3) is 0.588. The molecule has 0 fully saturated rings. The van der Waals surface area contributed by atoms with Gasteiger partial charge in [0.15, 0.2) is 0 Å². The van der Waals surface area contributed by atoms with Gasteiger partial charge in [-0.1, -0.05) is 52.2 Å². The van der Waals surface area contributed by atoms with Crippen LogP contribution in [0.5, 0.6) is 0 Å². The summed E-state index contributed by atoms with van der Waals surface area (Å²) in [6.07, 6.45) is 5.85. The van der Waals surface area contributed by atoms with E-state index in [1.54, 1.807) is 12.1 Å². The van der Waals surface area contributed by atoms with E-state index in [-0.39, 0.29) is 11.2 Å². The number of carbonyl (C=O) groups is 1. The minimum atomic E-state index is -0.357. The molecular formula is C17H25FO. The van der Waals surface area contributed by atoms with E-state index in [1.807, 2.05) is 13.8 Å². The molecule has 19 heavy (non-hydrogen) atoms. The minimum absolute atomic E-state index is 0.229. The predicted octanol–water partition coefficient (Wildman–Crippen LogP) is 4.93. The second-order valence-corrected chi connectivity index (χ2v) is 5.92. The Hall–Kier alpha value is -1.18. The van der Waals surface area contributed by atoms with Gasteiger partial charge in [-0.25, -0.2) is 4.39 Å². The van der Waals surface area contributed by atoms with Crippen LogP contribution in [0.2, 0.25) is 0 Å². The van der Waals surface area contributed by atoms with Crippen molar-refractivity contribution >= 4 is 5.78 Å². The molecule has 0 bridgehead atoms. The molecule has 0 aliphatic heterocycles. The van der Waals surface area contributed by atoms with Gasteiger partial charge >= 0.3 is 0 Å². The van der Waals surface area contributed by atoms with Crippen LogP contribution < -0.4 is 0 Å². The van der Waals surface area contributed by atoms with Crippen LogP contribution in [-0.2, 0) is 11.2 Å². The van der Waals surface area contributed by atoms with Crippen LogP contribution in [0.1, 0.15) is 58.4 Å². The average Bonchev–Trinajstić information content (AvgIpc) is 2.37. The molecule has 0 saturated carbocycles. The van der Waals surface area contributed by atoms with E-state index in [1.165, 1.54) is 25.0 Å². The normalized spacial score (nSPS) is 11.6. The maximum Gasteiger partial charge on any atom is 0.138 e. The highest BCUT2D eigenvalue weighted by molar-refractivity contribution is 5.84. The lowest BCUT2D eigenvalue weighted by molar-refractivity contribution is -0.127. The van der Waals surface area contributed by atoms with Gasteiger partial charge in [-0.3, -0.25) is 4.79 Å². The van der Waals surface area contributed by atoms with Crippen molar-refractivity contribution in [2.24, 2.45) is 5.41 Å². The number of hydrogen-bond donors (Lipinski definition) is 0. The Kier molecular flexibility index (Phi) is 6.20. The summed E-state index contributed by atoms with van der Waals surface area (Å²) in [5.74, 6) is 0.0837. The van der Waals surface area contributed by atoms with Crippen molar-refractivity contribution in [1.82, 2.24) is 0 Å². The van der Waals surface area contributed by atoms with Crippen molar-refractivity contribution in [1.29, 1.82) is 0 Å². The molecule has 0 unspecified atom stereocenters. The van der Waals surface area contributed by atoms with E-state index in [2.05, 4.69) is 6.92 Å². The zero-order valence-corrected chi connectivity index (χ0v) is 12.3. The Balaban J connectivity index is 2.49. The van der Waals surface area contributed by atoms with Gasteiger partial charge in [-0.05, 0) is 30.5 Å². The molecule has 1 nitrogen and oxygen atoms in total. The Morgan fingerprint density at radius 1 is 1.11 bits per heavy atom. The quantitative estimate of drug-likeness (QED) is 0.608. The fourth-order valence-electron chi connectivity index (χ4n) is 2.26. The second kappa shape index (κ2) is 7.42. The number of halogens is 1. The largest absolute Gasteiger partial charge is 0.299 e. The first-order valence-corrected chi connectivity index (χ1v) is 7.23. The fourth-order valence-corrected chi connectivity index (χ4v) is 2.26. The van der Waals surface area contributed by atoms with E-state index in [0.29, 0.717) is 18.6 Å². The molecule has 0 spiro atoms. The third-order valence-corrected chi connectivity index (χ3v) is 3.57. The van der Waals surface area contributed by atoms with Crippen molar-refractivity contribution in [3.63, 3.8) is 0 Å². The first kappa shape index (κ1) is 15.9. The molecular weight excluding hydrogens is 239 g/mol. The summed E-state index contributed by atoms with van der Waals surface area (Å²) in [6, 6.07) is 6.44. The smallest absolute Gasteiger partial charge is 0.138 e. The molecule has 0 atom stereocenters. The predicted molar refractivity (Wildman–Crippen MR) is 77.7 cm³/mol. The molecule has 106 valence electrons. The number of unbranched alkanes of at least 4 members (excludes halogenated alkanes) is 3. The number of hydrogen-bond acceptors (Lipinski definition) is 1. The highest BCUT2D eigenvalue weighted by Gasteiger charge is 2.26. The van der Waals surface area contributed by atoms with Crippen LogP contribution in [0.4, 0.5) is 4.39 Å². The molecule has 1 rings (SSSR count). The second-order valence-electron chi connectivity index (χ2n) is 5.92. The van der Waals surface area contributed by atoms with Gasteiger partial charge in [0.25, 0.3) is 0 Å². The van der Waals surface area contributed by atoms with E-state index < -0.39 is 0 Å². The third kappa shape index (κ3) is 5.54. The lowest BCUT2D eigenvalue weighted by atomic mass is 9.80. The zero-order valence-electron chi connectivity index (χ0n) is 12.3. The highest BCUT2D eigenvalue weighted by atomic mass is 19.1. The SMILES string of the molecule is CCCCCCC(=O)C(C)(C)Cc1ccc(F)cc1. The van der Waals surface area contributed by atoms with E-state index in [0.717, 1.165) is 18.4 Å². The maximum atomic E-state index is 12.9. The van der Waals surface area contributed by atoms with Crippen LogP contribution >= 0.6 is 0 Å². The summed E-state index contributed by atoms with van der Waals surface area (Å²) < 4.78 is 12.9. The number of carbonyl (C=O) groups excluding carboxylic acids is 1. The van der Waals surface area contributed by atoms with Crippen LogP contribution in [0.15, 0.2) is 24.3 Å². The van der Waals surface area contributed by atoms with Crippen molar-refractivity contribution in [2.75, 3.05) is 0 Å². The van der Waals surface area contributed by atoms with Crippen molar-refractivity contribution in [3.8, 4) is 0 Å². The summed E-state index contributed by atoms with van der Waals surface area (Å²) >= 11 is 0. The van der Waals surface area contributed by atoms with Gasteiger partial charge in [0.2, 0.25) is 0 Å². The number of ketones is 1. The molecule has 0 radical (unpaired) electrons. The summed E-state index contributed by atoms with van der Waals surface area (Å²) in [5.41, 5.74) is 0.664.